The van der Waals surface area contributed by atoms with Crippen LogP contribution in [0.3, 0.4) is 0 Å². The Bertz CT molecular complexity index is 662. The summed E-state index contributed by atoms with van der Waals surface area (Å²) in [5, 5.41) is 9.07. The number of rotatable bonds is 6. The third-order valence-corrected chi connectivity index (χ3v) is 6.29. The molecule has 3 rings (SSSR count). The third kappa shape index (κ3) is 3.91. The van der Waals surface area contributed by atoms with Crippen molar-refractivity contribution in [2.75, 3.05) is 19.6 Å². The van der Waals surface area contributed by atoms with Gasteiger partial charge in [-0.15, -0.1) is 0 Å². The predicted molar refractivity (Wildman–Crippen MR) is 86.1 cm³/mol. The molecule has 2 N–H and O–H groups in total. The molecule has 0 spiro atoms. The Hall–Kier alpha value is -1.44. The van der Waals surface area contributed by atoms with Crippen LogP contribution < -0.4 is 4.72 Å². The first-order valence-electron chi connectivity index (χ1n) is 8.00. The smallest absolute Gasteiger partial charge is 0.307 e. The fraction of sp³-hybridized carbons (Fsp3) is 0.562. The number of benzene rings is 1. The van der Waals surface area contributed by atoms with Crippen LogP contribution in [-0.2, 0) is 15.0 Å². The van der Waals surface area contributed by atoms with Gasteiger partial charge in [0, 0.05) is 19.6 Å². The van der Waals surface area contributed by atoms with Crippen molar-refractivity contribution in [2.45, 2.75) is 25.2 Å². The lowest BCUT2D eigenvalue weighted by atomic mass is 10.0. The Balaban J connectivity index is 1.53. The van der Waals surface area contributed by atoms with E-state index < -0.39 is 22.1 Å². The quantitative estimate of drug-likeness (QED) is 0.821. The molecule has 6 nitrogen and oxygen atoms in total. The first-order chi connectivity index (χ1) is 11.0. The van der Waals surface area contributed by atoms with Gasteiger partial charge in [-0.3, -0.25) is 4.79 Å². The monoisotopic (exact) mass is 338 g/mol. The minimum Gasteiger partial charge on any atom is -0.481 e. The van der Waals surface area contributed by atoms with Crippen LogP contribution in [0.2, 0.25) is 0 Å². The van der Waals surface area contributed by atoms with Crippen molar-refractivity contribution in [3.8, 4) is 0 Å². The Morgan fingerprint density at radius 1 is 1.30 bits per heavy atom. The van der Waals surface area contributed by atoms with Gasteiger partial charge < -0.3 is 5.11 Å². The van der Waals surface area contributed by atoms with Crippen LogP contribution in [-0.4, -0.2) is 43.4 Å². The zero-order chi connectivity index (χ0) is 16.4. The molecule has 1 aliphatic heterocycles. The van der Waals surface area contributed by atoms with Crippen molar-refractivity contribution < 1.29 is 18.3 Å². The molecule has 1 saturated carbocycles. The summed E-state index contributed by atoms with van der Waals surface area (Å²) in [5.41, 5.74) is 1.25. The molecule has 1 unspecified atom stereocenters. The molecule has 1 aromatic carbocycles. The van der Waals surface area contributed by atoms with Crippen molar-refractivity contribution in [1.29, 1.82) is 0 Å². The molecule has 1 saturated heterocycles. The number of carboxylic acid groups (broad SMARTS) is 1. The fourth-order valence-corrected chi connectivity index (χ4v) is 4.60. The summed E-state index contributed by atoms with van der Waals surface area (Å²) in [6, 6.07) is 10.1. The Labute approximate surface area is 136 Å². The maximum atomic E-state index is 12.4. The lowest BCUT2D eigenvalue weighted by molar-refractivity contribution is -0.142. The van der Waals surface area contributed by atoms with E-state index in [2.05, 4.69) is 16.9 Å². The number of aliphatic carboxylic acids is 1. The number of nitrogens with one attached hydrogen (secondary N) is 1. The molecule has 0 radical (unpaired) electrons. The van der Waals surface area contributed by atoms with Gasteiger partial charge in [0.2, 0.25) is 0 Å². The second-order valence-corrected chi connectivity index (χ2v) is 8.16. The molecular weight excluding hydrogens is 316 g/mol. The molecule has 0 bridgehead atoms. The van der Waals surface area contributed by atoms with E-state index in [-0.39, 0.29) is 6.54 Å². The summed E-state index contributed by atoms with van der Waals surface area (Å²) in [5.74, 6) is -0.770. The molecule has 2 aliphatic rings. The highest BCUT2D eigenvalue weighted by atomic mass is 32.2. The topological polar surface area (TPSA) is 86.7 Å². The van der Waals surface area contributed by atoms with Crippen LogP contribution in [0, 0.1) is 11.8 Å². The fourth-order valence-electron chi connectivity index (χ4n) is 3.25. The summed E-state index contributed by atoms with van der Waals surface area (Å²) >= 11 is 0. The highest BCUT2D eigenvalue weighted by Crippen LogP contribution is 2.46. The average Bonchev–Trinajstić information content (AvgIpc) is 3.34. The van der Waals surface area contributed by atoms with E-state index in [4.69, 9.17) is 5.11 Å². The molecule has 3 atom stereocenters. The number of nitrogens with zero attached hydrogens (tertiary/aromatic N) is 1. The van der Waals surface area contributed by atoms with Crippen molar-refractivity contribution in [1.82, 2.24) is 9.03 Å². The first kappa shape index (κ1) is 16.4. The minimum absolute atomic E-state index is 0.0669. The van der Waals surface area contributed by atoms with Crippen LogP contribution in [0.15, 0.2) is 30.3 Å². The molecule has 2 fully saturated rings. The van der Waals surface area contributed by atoms with Crippen molar-refractivity contribution in [3.63, 3.8) is 0 Å². The van der Waals surface area contributed by atoms with E-state index in [1.807, 2.05) is 18.2 Å². The van der Waals surface area contributed by atoms with E-state index >= 15 is 0 Å². The van der Waals surface area contributed by atoms with Gasteiger partial charge in [0.15, 0.2) is 0 Å². The molecular formula is C16H22N2O4S. The summed E-state index contributed by atoms with van der Waals surface area (Å²) in [7, 11) is -3.59. The Morgan fingerprint density at radius 2 is 2.04 bits per heavy atom. The zero-order valence-electron chi connectivity index (χ0n) is 12.9. The number of hydrogen-bond acceptors (Lipinski definition) is 3. The van der Waals surface area contributed by atoms with E-state index in [0.717, 1.165) is 6.42 Å². The second-order valence-electron chi connectivity index (χ2n) is 6.40. The molecule has 126 valence electrons. The molecule has 0 amide bonds. The van der Waals surface area contributed by atoms with Gasteiger partial charge in [-0.05, 0) is 36.7 Å². The lowest BCUT2D eigenvalue weighted by Crippen LogP contribution is -2.47. The van der Waals surface area contributed by atoms with Gasteiger partial charge in [-0.25, -0.2) is 4.72 Å². The molecule has 0 aromatic heterocycles. The number of hydrogen-bond donors (Lipinski definition) is 2. The summed E-state index contributed by atoms with van der Waals surface area (Å²) in [6.07, 6.45) is 2.12. The van der Waals surface area contributed by atoms with E-state index in [9.17, 15) is 13.2 Å². The van der Waals surface area contributed by atoms with E-state index in [1.54, 1.807) is 0 Å². The first-order valence-corrected chi connectivity index (χ1v) is 9.44. The normalized spacial score (nSPS) is 28.4. The van der Waals surface area contributed by atoms with Gasteiger partial charge in [-0.1, -0.05) is 30.3 Å². The Kier molecular flexibility index (Phi) is 4.70. The van der Waals surface area contributed by atoms with Gasteiger partial charge >= 0.3 is 5.97 Å². The number of piperidine rings is 1. The highest BCUT2D eigenvalue weighted by molar-refractivity contribution is 7.87. The van der Waals surface area contributed by atoms with Gasteiger partial charge in [-0.2, -0.15) is 12.7 Å². The third-order valence-electron chi connectivity index (χ3n) is 4.75. The van der Waals surface area contributed by atoms with Gasteiger partial charge in [0.25, 0.3) is 10.2 Å². The number of carboxylic acids is 1. The van der Waals surface area contributed by atoms with Crippen LogP contribution in [0.25, 0.3) is 0 Å². The molecule has 1 aliphatic carbocycles. The van der Waals surface area contributed by atoms with Gasteiger partial charge in [0.05, 0.1) is 5.92 Å². The van der Waals surface area contributed by atoms with E-state index in [0.29, 0.717) is 37.8 Å². The maximum absolute atomic E-state index is 12.4. The second kappa shape index (κ2) is 6.59. The van der Waals surface area contributed by atoms with Crippen LogP contribution in [0.5, 0.6) is 0 Å². The van der Waals surface area contributed by atoms with Crippen LogP contribution >= 0.6 is 0 Å². The molecule has 1 heterocycles. The lowest BCUT2D eigenvalue weighted by Gasteiger charge is -2.29. The number of carbonyl (C=O) groups is 1. The van der Waals surface area contributed by atoms with Crippen molar-refractivity contribution in [2.24, 2.45) is 11.8 Å². The largest absolute Gasteiger partial charge is 0.481 e. The molecule has 7 heteroatoms. The minimum atomic E-state index is -3.59. The summed E-state index contributed by atoms with van der Waals surface area (Å²) in [6.45, 7) is 0.874. The van der Waals surface area contributed by atoms with E-state index in [1.165, 1.54) is 9.87 Å². The highest BCUT2D eigenvalue weighted by Gasteiger charge is 2.39. The Morgan fingerprint density at radius 3 is 2.74 bits per heavy atom. The predicted octanol–water partition coefficient (Wildman–Crippen LogP) is 1.42. The van der Waals surface area contributed by atoms with Gasteiger partial charge in [0.1, 0.15) is 0 Å². The standard InChI is InChI=1S/C16H22N2O4S/c19-16(20)13-7-4-8-18(11-13)23(21,22)17-10-14-9-15(14)12-5-2-1-3-6-12/h1-3,5-6,13-15,17H,4,7-11H2,(H,19,20)/t13?,14-,15-/m0/s1. The maximum Gasteiger partial charge on any atom is 0.307 e. The van der Waals surface area contributed by atoms with Crippen LogP contribution in [0.1, 0.15) is 30.7 Å². The van der Waals surface area contributed by atoms with Crippen molar-refractivity contribution >= 4 is 16.2 Å². The summed E-state index contributed by atoms with van der Waals surface area (Å²) < 4.78 is 28.6. The van der Waals surface area contributed by atoms with Crippen molar-refractivity contribution in [3.05, 3.63) is 35.9 Å². The molecule has 1 aromatic rings. The average molecular weight is 338 g/mol. The summed E-state index contributed by atoms with van der Waals surface area (Å²) in [4.78, 5) is 11.1. The molecule has 23 heavy (non-hydrogen) atoms. The van der Waals surface area contributed by atoms with Crippen LogP contribution in [0.4, 0.5) is 0 Å². The zero-order valence-corrected chi connectivity index (χ0v) is 13.7. The SMILES string of the molecule is O=C(O)C1CCCN(S(=O)(=O)NC[C@@H]2C[C@H]2c2ccccc2)C1.